The molecule has 0 bridgehead atoms. The van der Waals surface area contributed by atoms with Crippen molar-refractivity contribution in [2.45, 2.75) is 45.1 Å². The molecule has 1 aliphatic heterocycles. The molecular weight excluding hydrogens is 324 g/mol. The molecule has 1 unspecified atom stereocenters. The van der Waals surface area contributed by atoms with Crippen molar-refractivity contribution in [1.29, 1.82) is 0 Å². The minimum atomic E-state index is -0.639. The van der Waals surface area contributed by atoms with E-state index in [1.807, 2.05) is 43.0 Å². The molecule has 0 aliphatic carbocycles. The summed E-state index contributed by atoms with van der Waals surface area (Å²) in [4.78, 5) is 17.9. The van der Waals surface area contributed by atoms with Crippen LogP contribution in [0.1, 0.15) is 50.0 Å². The Hall–Kier alpha value is -1.52. The molecule has 0 saturated carbocycles. The Balaban J connectivity index is 1.70. The van der Waals surface area contributed by atoms with E-state index in [2.05, 4.69) is 4.98 Å². The van der Waals surface area contributed by atoms with Gasteiger partial charge in [0.2, 0.25) is 0 Å². The van der Waals surface area contributed by atoms with Crippen molar-refractivity contribution in [3.05, 3.63) is 35.0 Å². The molecule has 4 nitrogen and oxygen atoms in total. The third kappa shape index (κ3) is 4.11. The topological polar surface area (TPSA) is 56.3 Å². The molecule has 1 aliphatic rings. The van der Waals surface area contributed by atoms with Gasteiger partial charge in [-0.25, -0.2) is 0 Å². The van der Waals surface area contributed by atoms with Crippen molar-refractivity contribution < 1.29 is 9.90 Å². The van der Waals surface area contributed by atoms with E-state index in [1.165, 1.54) is 0 Å². The maximum Gasteiger partial charge on any atom is 0.270 e. The molecule has 1 aromatic carbocycles. The van der Waals surface area contributed by atoms with Gasteiger partial charge in [0.15, 0.2) is 0 Å². The number of aliphatic hydroxyl groups is 1. The van der Waals surface area contributed by atoms with Crippen molar-refractivity contribution in [2.24, 2.45) is 5.92 Å². The highest BCUT2D eigenvalue weighted by atomic mass is 35.5. The van der Waals surface area contributed by atoms with Crippen LogP contribution in [0.15, 0.2) is 24.3 Å². The van der Waals surface area contributed by atoms with Gasteiger partial charge in [0.25, 0.3) is 5.91 Å². The molecule has 24 heavy (non-hydrogen) atoms. The van der Waals surface area contributed by atoms with Crippen LogP contribution >= 0.6 is 11.6 Å². The number of carbonyl (C=O) groups excluding carboxylic acids is 1. The fraction of sp³-hybridized carbons (Fsp3) is 0.526. The van der Waals surface area contributed by atoms with Gasteiger partial charge in [-0.05, 0) is 69.7 Å². The smallest absolute Gasteiger partial charge is 0.270 e. The van der Waals surface area contributed by atoms with Crippen molar-refractivity contribution in [2.75, 3.05) is 13.1 Å². The summed E-state index contributed by atoms with van der Waals surface area (Å²) in [5.41, 5.74) is 0.908. The number of rotatable bonds is 3. The van der Waals surface area contributed by atoms with E-state index >= 15 is 0 Å². The Morgan fingerprint density at radius 2 is 2.12 bits per heavy atom. The highest BCUT2D eigenvalue weighted by molar-refractivity contribution is 6.31. The van der Waals surface area contributed by atoms with Crippen LogP contribution in [0.25, 0.3) is 10.9 Å². The minimum Gasteiger partial charge on any atom is -0.390 e. The summed E-state index contributed by atoms with van der Waals surface area (Å²) in [6.45, 7) is 5.24. The lowest BCUT2D eigenvalue weighted by atomic mass is 9.88. The van der Waals surface area contributed by atoms with Gasteiger partial charge in [0.05, 0.1) is 5.60 Å². The number of benzene rings is 1. The first-order valence-electron chi connectivity index (χ1n) is 8.62. The monoisotopic (exact) mass is 348 g/mol. The Labute approximate surface area is 147 Å². The Morgan fingerprint density at radius 3 is 2.88 bits per heavy atom. The normalized spacial score (nSPS) is 19.5. The van der Waals surface area contributed by atoms with Gasteiger partial charge in [0, 0.05) is 29.0 Å². The molecule has 1 fully saturated rings. The van der Waals surface area contributed by atoms with E-state index in [0.29, 0.717) is 16.6 Å². The van der Waals surface area contributed by atoms with Gasteiger partial charge in [0.1, 0.15) is 5.69 Å². The zero-order valence-electron chi connectivity index (χ0n) is 14.3. The molecule has 2 aromatic rings. The predicted octanol–water partition coefficient (Wildman–Crippen LogP) is 4.22. The number of halogens is 1. The zero-order chi connectivity index (χ0) is 17.3. The van der Waals surface area contributed by atoms with Crippen LogP contribution in [0, 0.1) is 5.92 Å². The van der Waals surface area contributed by atoms with Crippen molar-refractivity contribution in [3.63, 3.8) is 0 Å². The minimum absolute atomic E-state index is 0.0474. The third-order valence-corrected chi connectivity index (χ3v) is 4.97. The third-order valence-electron chi connectivity index (χ3n) is 4.74. The average molecular weight is 349 g/mol. The Kier molecular flexibility index (Phi) is 4.88. The summed E-state index contributed by atoms with van der Waals surface area (Å²) in [6.07, 6.45) is 3.79. The fourth-order valence-electron chi connectivity index (χ4n) is 3.67. The summed E-state index contributed by atoms with van der Waals surface area (Å²) in [5, 5.41) is 11.7. The van der Waals surface area contributed by atoms with E-state index < -0.39 is 5.60 Å². The highest BCUT2D eigenvalue weighted by Gasteiger charge is 2.26. The number of aromatic nitrogens is 1. The van der Waals surface area contributed by atoms with Crippen molar-refractivity contribution in [1.82, 2.24) is 9.88 Å². The maximum absolute atomic E-state index is 12.8. The first-order chi connectivity index (χ1) is 11.3. The van der Waals surface area contributed by atoms with Crippen LogP contribution in [-0.4, -0.2) is 39.6 Å². The Bertz CT molecular complexity index is 733. The van der Waals surface area contributed by atoms with Crippen LogP contribution in [0.3, 0.4) is 0 Å². The maximum atomic E-state index is 12.8. The van der Waals surface area contributed by atoms with Crippen molar-refractivity contribution in [3.8, 4) is 0 Å². The number of likely N-dealkylation sites (tertiary alicyclic amines) is 1. The molecule has 0 spiro atoms. The molecule has 2 heterocycles. The van der Waals surface area contributed by atoms with Gasteiger partial charge in [-0.3, -0.25) is 4.79 Å². The quantitative estimate of drug-likeness (QED) is 0.872. The number of aromatic amines is 1. The lowest BCUT2D eigenvalue weighted by molar-refractivity contribution is 0.0498. The van der Waals surface area contributed by atoms with Crippen LogP contribution in [-0.2, 0) is 0 Å². The molecule has 130 valence electrons. The predicted molar refractivity (Wildman–Crippen MR) is 97.5 cm³/mol. The standard InChI is InChI=1S/C19H25ClN2O2/c1-19(2,24)12-13-4-3-8-22(9-7-13)18(23)17-11-14-10-15(20)5-6-16(14)21-17/h5-6,10-11,13,21,24H,3-4,7-9,12H2,1-2H3. The van der Waals surface area contributed by atoms with Gasteiger partial charge in [-0.1, -0.05) is 11.6 Å². The lowest BCUT2D eigenvalue weighted by Crippen LogP contribution is -2.32. The molecule has 1 atom stereocenters. The lowest BCUT2D eigenvalue weighted by Gasteiger charge is -2.24. The Morgan fingerprint density at radius 1 is 1.33 bits per heavy atom. The van der Waals surface area contributed by atoms with Gasteiger partial charge < -0.3 is 15.0 Å². The first-order valence-corrected chi connectivity index (χ1v) is 8.99. The molecule has 0 radical (unpaired) electrons. The van der Waals surface area contributed by atoms with Crippen LogP contribution in [0.2, 0.25) is 5.02 Å². The summed E-state index contributed by atoms with van der Waals surface area (Å²) in [5.74, 6) is 0.524. The number of fused-ring (bicyclic) bond motifs is 1. The van der Waals surface area contributed by atoms with E-state index in [4.69, 9.17) is 11.6 Å². The van der Waals surface area contributed by atoms with Crippen molar-refractivity contribution >= 4 is 28.4 Å². The highest BCUT2D eigenvalue weighted by Crippen LogP contribution is 2.27. The van der Waals surface area contributed by atoms with Gasteiger partial charge >= 0.3 is 0 Å². The molecule has 1 amide bonds. The van der Waals surface area contributed by atoms with Crippen LogP contribution < -0.4 is 0 Å². The average Bonchev–Trinajstić information content (AvgIpc) is 2.77. The number of carbonyl (C=O) groups is 1. The number of hydrogen-bond acceptors (Lipinski definition) is 2. The first kappa shape index (κ1) is 17.3. The van der Waals surface area contributed by atoms with Crippen LogP contribution in [0.5, 0.6) is 0 Å². The molecule has 5 heteroatoms. The second-order valence-corrected chi connectivity index (χ2v) is 7.96. The summed E-state index contributed by atoms with van der Waals surface area (Å²) < 4.78 is 0. The second kappa shape index (κ2) is 6.77. The van der Waals surface area contributed by atoms with E-state index in [-0.39, 0.29) is 5.91 Å². The largest absolute Gasteiger partial charge is 0.390 e. The van der Waals surface area contributed by atoms with Crippen LogP contribution in [0.4, 0.5) is 0 Å². The van der Waals surface area contributed by atoms with Gasteiger partial charge in [-0.15, -0.1) is 0 Å². The molecule has 3 rings (SSSR count). The SMILES string of the molecule is CC(C)(O)CC1CCCN(C(=O)c2cc3cc(Cl)ccc3[nH]2)CC1. The number of nitrogens with zero attached hydrogens (tertiary/aromatic N) is 1. The fourth-order valence-corrected chi connectivity index (χ4v) is 3.85. The van der Waals surface area contributed by atoms with E-state index in [1.54, 1.807) is 0 Å². The summed E-state index contributed by atoms with van der Waals surface area (Å²) >= 11 is 6.02. The molecule has 2 N–H and O–H groups in total. The van der Waals surface area contributed by atoms with Gasteiger partial charge in [-0.2, -0.15) is 0 Å². The second-order valence-electron chi connectivity index (χ2n) is 7.52. The number of H-pyrrole nitrogens is 1. The van der Waals surface area contributed by atoms with E-state index in [0.717, 1.165) is 49.7 Å². The molecule has 1 saturated heterocycles. The number of amides is 1. The number of hydrogen-bond donors (Lipinski definition) is 2. The molecule has 1 aromatic heterocycles. The number of nitrogens with one attached hydrogen (secondary N) is 1. The zero-order valence-corrected chi connectivity index (χ0v) is 15.1. The summed E-state index contributed by atoms with van der Waals surface area (Å²) in [6, 6.07) is 7.47. The summed E-state index contributed by atoms with van der Waals surface area (Å²) in [7, 11) is 0. The molecular formula is C19H25ClN2O2. The van der Waals surface area contributed by atoms with E-state index in [9.17, 15) is 9.90 Å².